The fourth-order valence-corrected chi connectivity index (χ4v) is 2.28. The lowest BCUT2D eigenvalue weighted by molar-refractivity contribution is -0.141. The first-order chi connectivity index (χ1) is 10.8. The summed E-state index contributed by atoms with van der Waals surface area (Å²) in [6, 6.07) is 5.12. The second-order valence-corrected chi connectivity index (χ2v) is 5.96. The summed E-state index contributed by atoms with van der Waals surface area (Å²) in [5.74, 6) is -2.30. The summed E-state index contributed by atoms with van der Waals surface area (Å²) in [4.78, 5) is 35.6. The lowest BCUT2D eigenvalue weighted by atomic mass is 10.0. The predicted octanol–water partition coefficient (Wildman–Crippen LogP) is 1.25. The van der Waals surface area contributed by atoms with Gasteiger partial charge in [-0.05, 0) is 24.5 Å². The van der Waals surface area contributed by atoms with Gasteiger partial charge in [0.1, 0.15) is 12.1 Å². The topological polar surface area (TPSA) is 95.5 Å². The molecular weight excluding hydrogens is 316 g/mol. The molecular formula is C16H22N2O4S. The maximum Gasteiger partial charge on any atom is 0.327 e. The highest BCUT2D eigenvalue weighted by atomic mass is 32.1. The number of carboxylic acid groups (broad SMARTS) is 1. The first-order valence-corrected chi connectivity index (χ1v) is 7.91. The summed E-state index contributed by atoms with van der Waals surface area (Å²) in [6.45, 7) is 5.36. The summed E-state index contributed by atoms with van der Waals surface area (Å²) in [5.41, 5.74) is 1.28. The number of carbonyl (C=O) groups is 3. The first-order valence-electron chi connectivity index (χ1n) is 7.28. The molecule has 0 radical (unpaired) electrons. The molecule has 0 spiro atoms. The van der Waals surface area contributed by atoms with E-state index in [0.717, 1.165) is 5.56 Å². The average Bonchev–Trinajstić information content (AvgIpc) is 2.49. The number of aryl methyl sites for hydroxylation is 1. The Hall–Kier alpha value is -2.02. The molecule has 7 heteroatoms. The minimum absolute atomic E-state index is 0.0301. The Morgan fingerprint density at radius 2 is 1.78 bits per heavy atom. The van der Waals surface area contributed by atoms with Crippen LogP contribution >= 0.6 is 12.6 Å². The highest BCUT2D eigenvalue weighted by Crippen LogP contribution is 2.09. The number of thiol groups is 1. The number of carbonyl (C=O) groups excluding carboxylic acids is 2. The molecule has 2 atom stereocenters. The third-order valence-electron chi connectivity index (χ3n) is 3.42. The largest absolute Gasteiger partial charge is 0.480 e. The standard InChI is InChI=1S/C16H22N2O4S/c1-9(2)13(15(20)17-12(8-23)16(21)22)18-14(19)11-7-5-4-6-10(11)3/h4-7,9,12-13,23H,8H2,1-3H3,(H,17,20)(H,18,19)(H,21,22). The Kier molecular flexibility index (Phi) is 7.09. The summed E-state index contributed by atoms with van der Waals surface area (Å²) >= 11 is 3.91. The molecule has 0 fully saturated rings. The molecule has 23 heavy (non-hydrogen) atoms. The average molecular weight is 338 g/mol. The molecule has 0 bridgehead atoms. The zero-order valence-corrected chi connectivity index (χ0v) is 14.3. The first kappa shape index (κ1) is 19.0. The van der Waals surface area contributed by atoms with Gasteiger partial charge in [0.25, 0.3) is 5.91 Å². The third-order valence-corrected chi connectivity index (χ3v) is 3.79. The summed E-state index contributed by atoms with van der Waals surface area (Å²) in [7, 11) is 0. The van der Waals surface area contributed by atoms with Crippen molar-refractivity contribution in [2.75, 3.05) is 5.75 Å². The number of amides is 2. The quantitative estimate of drug-likeness (QED) is 0.563. The molecule has 0 aliphatic carbocycles. The van der Waals surface area contributed by atoms with Gasteiger partial charge in [-0.15, -0.1) is 0 Å². The molecule has 1 aromatic rings. The number of carboxylic acids is 1. The van der Waals surface area contributed by atoms with Crippen LogP contribution in [0, 0.1) is 12.8 Å². The molecule has 0 saturated heterocycles. The highest BCUT2D eigenvalue weighted by Gasteiger charge is 2.28. The molecule has 1 aromatic carbocycles. The summed E-state index contributed by atoms with van der Waals surface area (Å²) in [6.07, 6.45) is 0. The molecule has 1 rings (SSSR count). The van der Waals surface area contributed by atoms with Gasteiger partial charge in [-0.25, -0.2) is 4.79 Å². The van der Waals surface area contributed by atoms with E-state index in [-0.39, 0.29) is 17.6 Å². The zero-order chi connectivity index (χ0) is 17.6. The van der Waals surface area contributed by atoms with Crippen molar-refractivity contribution in [1.82, 2.24) is 10.6 Å². The molecule has 0 saturated carbocycles. The normalized spacial score (nSPS) is 13.3. The van der Waals surface area contributed by atoms with E-state index in [9.17, 15) is 14.4 Å². The molecule has 6 nitrogen and oxygen atoms in total. The van der Waals surface area contributed by atoms with Crippen LogP contribution < -0.4 is 10.6 Å². The Morgan fingerprint density at radius 1 is 1.17 bits per heavy atom. The Labute approximate surface area is 141 Å². The minimum atomic E-state index is -1.17. The van der Waals surface area contributed by atoms with Gasteiger partial charge < -0.3 is 15.7 Å². The van der Waals surface area contributed by atoms with Gasteiger partial charge in [-0.1, -0.05) is 32.0 Å². The van der Waals surface area contributed by atoms with Gasteiger partial charge in [0.15, 0.2) is 0 Å². The molecule has 126 valence electrons. The lowest BCUT2D eigenvalue weighted by Crippen LogP contribution is -2.54. The molecule has 0 heterocycles. The molecule has 0 aromatic heterocycles. The molecule has 3 N–H and O–H groups in total. The van der Waals surface area contributed by atoms with E-state index in [1.165, 1.54) is 0 Å². The van der Waals surface area contributed by atoms with Crippen LogP contribution in [0.15, 0.2) is 24.3 Å². The number of aliphatic carboxylic acids is 1. The van der Waals surface area contributed by atoms with E-state index in [4.69, 9.17) is 5.11 Å². The van der Waals surface area contributed by atoms with Gasteiger partial charge in [0.05, 0.1) is 0 Å². The predicted molar refractivity (Wildman–Crippen MR) is 90.7 cm³/mol. The number of hydrogen-bond acceptors (Lipinski definition) is 4. The van der Waals surface area contributed by atoms with Crippen LogP contribution in [0.4, 0.5) is 0 Å². The van der Waals surface area contributed by atoms with E-state index in [2.05, 4.69) is 23.3 Å². The fraction of sp³-hybridized carbons (Fsp3) is 0.438. The second-order valence-electron chi connectivity index (χ2n) is 5.59. The van der Waals surface area contributed by atoms with Gasteiger partial charge in [0, 0.05) is 11.3 Å². The van der Waals surface area contributed by atoms with Crippen LogP contribution in [-0.4, -0.2) is 40.7 Å². The van der Waals surface area contributed by atoms with Gasteiger partial charge in [-0.3, -0.25) is 9.59 Å². The van der Waals surface area contributed by atoms with Crippen molar-refractivity contribution in [1.29, 1.82) is 0 Å². The van der Waals surface area contributed by atoms with Crippen LogP contribution in [0.2, 0.25) is 0 Å². The van der Waals surface area contributed by atoms with Crippen molar-refractivity contribution in [2.24, 2.45) is 5.92 Å². The highest BCUT2D eigenvalue weighted by molar-refractivity contribution is 7.80. The zero-order valence-electron chi connectivity index (χ0n) is 13.4. The Morgan fingerprint density at radius 3 is 2.26 bits per heavy atom. The van der Waals surface area contributed by atoms with Gasteiger partial charge in [-0.2, -0.15) is 12.6 Å². The van der Waals surface area contributed by atoms with Crippen molar-refractivity contribution < 1.29 is 19.5 Å². The van der Waals surface area contributed by atoms with Crippen molar-refractivity contribution in [2.45, 2.75) is 32.9 Å². The number of rotatable bonds is 7. The fourth-order valence-electron chi connectivity index (χ4n) is 2.03. The Balaban J connectivity index is 2.87. The summed E-state index contributed by atoms with van der Waals surface area (Å²) < 4.78 is 0. The van der Waals surface area contributed by atoms with Crippen LogP contribution in [-0.2, 0) is 9.59 Å². The SMILES string of the molecule is Cc1ccccc1C(=O)NC(C(=O)NC(CS)C(=O)O)C(C)C. The lowest BCUT2D eigenvalue weighted by Gasteiger charge is -2.23. The van der Waals surface area contributed by atoms with Crippen molar-refractivity contribution in [3.05, 3.63) is 35.4 Å². The Bertz CT molecular complexity index is 589. The maximum atomic E-state index is 12.4. The van der Waals surface area contributed by atoms with E-state index < -0.39 is 24.0 Å². The van der Waals surface area contributed by atoms with E-state index in [1.807, 2.05) is 6.07 Å². The third kappa shape index (κ3) is 5.28. The van der Waals surface area contributed by atoms with Gasteiger partial charge in [0.2, 0.25) is 5.91 Å². The second kappa shape index (κ2) is 8.57. The molecule has 0 aliphatic rings. The molecule has 2 amide bonds. The van der Waals surface area contributed by atoms with Crippen LogP contribution in [0.1, 0.15) is 29.8 Å². The maximum absolute atomic E-state index is 12.4. The minimum Gasteiger partial charge on any atom is -0.480 e. The monoisotopic (exact) mass is 338 g/mol. The number of benzene rings is 1. The smallest absolute Gasteiger partial charge is 0.327 e. The molecule has 2 unspecified atom stereocenters. The summed E-state index contributed by atoms with van der Waals surface area (Å²) in [5, 5.41) is 14.1. The van der Waals surface area contributed by atoms with Crippen LogP contribution in [0.3, 0.4) is 0 Å². The number of nitrogens with one attached hydrogen (secondary N) is 2. The van der Waals surface area contributed by atoms with Gasteiger partial charge >= 0.3 is 5.97 Å². The van der Waals surface area contributed by atoms with Crippen molar-refractivity contribution in [3.63, 3.8) is 0 Å². The molecule has 0 aliphatic heterocycles. The van der Waals surface area contributed by atoms with E-state index in [0.29, 0.717) is 5.56 Å². The van der Waals surface area contributed by atoms with E-state index in [1.54, 1.807) is 39.0 Å². The number of hydrogen-bond donors (Lipinski definition) is 4. The van der Waals surface area contributed by atoms with Crippen LogP contribution in [0.5, 0.6) is 0 Å². The van der Waals surface area contributed by atoms with Crippen LogP contribution in [0.25, 0.3) is 0 Å². The van der Waals surface area contributed by atoms with Crippen molar-refractivity contribution >= 4 is 30.4 Å². The van der Waals surface area contributed by atoms with Crippen molar-refractivity contribution in [3.8, 4) is 0 Å². The van der Waals surface area contributed by atoms with E-state index >= 15 is 0 Å².